The molecule has 2 N–H and O–H groups in total. The second-order valence-electron chi connectivity index (χ2n) is 4.26. The molecule has 1 rings (SSSR count). The summed E-state index contributed by atoms with van der Waals surface area (Å²) in [6.07, 6.45) is 0.0732. The van der Waals surface area contributed by atoms with Crippen LogP contribution >= 0.6 is 11.6 Å². The van der Waals surface area contributed by atoms with Crippen LogP contribution in [0.3, 0.4) is 0 Å². The molecule has 0 heterocycles. The number of nitrogens with one attached hydrogen (secondary N) is 1. The predicted octanol–water partition coefficient (Wildman–Crippen LogP) is 2.22. The largest absolute Gasteiger partial charge is 0.480 e. The van der Waals surface area contributed by atoms with Gasteiger partial charge in [-0.2, -0.15) is 5.26 Å². The average Bonchev–Trinajstić information content (AvgIpc) is 2.36. The highest BCUT2D eigenvalue weighted by molar-refractivity contribution is 6.31. The summed E-state index contributed by atoms with van der Waals surface area (Å²) in [7, 11) is 0. The van der Waals surface area contributed by atoms with Gasteiger partial charge in [0, 0.05) is 17.0 Å². The fraction of sp³-hybridized carbons (Fsp3) is 0.308. The third-order valence-electron chi connectivity index (χ3n) is 2.69. The molecule has 0 saturated heterocycles. The van der Waals surface area contributed by atoms with Crippen LogP contribution in [-0.2, 0) is 4.79 Å². The number of carbonyl (C=O) groups is 2. The van der Waals surface area contributed by atoms with Crippen molar-refractivity contribution < 1.29 is 14.7 Å². The third-order valence-corrected chi connectivity index (χ3v) is 2.92. The lowest BCUT2D eigenvalue weighted by Gasteiger charge is -2.25. The number of hydrogen-bond donors (Lipinski definition) is 2. The van der Waals surface area contributed by atoms with Crippen LogP contribution in [0.1, 0.15) is 30.1 Å². The van der Waals surface area contributed by atoms with E-state index < -0.39 is 17.4 Å². The number of nitriles is 1. The molecule has 1 aromatic rings. The fourth-order valence-corrected chi connectivity index (χ4v) is 1.67. The number of benzene rings is 1. The number of halogens is 1. The fourth-order valence-electron chi connectivity index (χ4n) is 1.48. The van der Waals surface area contributed by atoms with Crippen molar-refractivity contribution in [3.63, 3.8) is 0 Å². The monoisotopic (exact) mass is 280 g/mol. The Balaban J connectivity index is 2.89. The second kappa shape index (κ2) is 6.21. The van der Waals surface area contributed by atoms with E-state index in [0.29, 0.717) is 5.02 Å². The molecule has 6 heteroatoms. The Kier molecular flexibility index (Phi) is 4.90. The zero-order chi connectivity index (χ0) is 14.5. The highest BCUT2D eigenvalue weighted by Crippen LogP contribution is 2.16. The van der Waals surface area contributed by atoms with Crippen LogP contribution in [0, 0.1) is 11.3 Å². The van der Waals surface area contributed by atoms with Gasteiger partial charge in [-0.25, -0.2) is 4.79 Å². The van der Waals surface area contributed by atoms with Gasteiger partial charge in [-0.3, -0.25) is 4.79 Å². The summed E-state index contributed by atoms with van der Waals surface area (Å²) in [5.41, 5.74) is -1.20. The molecule has 0 radical (unpaired) electrons. The summed E-state index contributed by atoms with van der Waals surface area (Å²) < 4.78 is 0. The minimum absolute atomic E-state index is 0.0329. The van der Waals surface area contributed by atoms with Crippen LogP contribution in [0.4, 0.5) is 0 Å². The lowest BCUT2D eigenvalue weighted by atomic mass is 9.95. The number of rotatable bonds is 5. The van der Waals surface area contributed by atoms with Crippen LogP contribution in [0.15, 0.2) is 24.3 Å². The van der Waals surface area contributed by atoms with Gasteiger partial charge >= 0.3 is 5.97 Å². The Bertz CT molecular complexity index is 539. The molecule has 0 bridgehead atoms. The molecule has 0 aliphatic carbocycles. The maximum Gasteiger partial charge on any atom is 0.329 e. The SMILES string of the molecule is CC(CCC#N)(NC(=O)c1cccc(Cl)c1)C(=O)O. The zero-order valence-corrected chi connectivity index (χ0v) is 11.1. The maximum absolute atomic E-state index is 12.0. The molecule has 5 nitrogen and oxygen atoms in total. The van der Waals surface area contributed by atoms with Gasteiger partial charge in [0.2, 0.25) is 0 Å². The number of amides is 1. The topological polar surface area (TPSA) is 90.2 Å². The first-order chi connectivity index (χ1) is 8.89. The molecule has 0 saturated carbocycles. The molecular formula is C13H13ClN2O3. The minimum atomic E-state index is -1.48. The average molecular weight is 281 g/mol. The van der Waals surface area contributed by atoms with E-state index in [1.165, 1.54) is 19.1 Å². The van der Waals surface area contributed by atoms with E-state index in [-0.39, 0.29) is 18.4 Å². The highest BCUT2D eigenvalue weighted by atomic mass is 35.5. The molecule has 1 aromatic carbocycles. The molecule has 1 amide bonds. The Labute approximate surface area is 115 Å². The maximum atomic E-state index is 12.0. The van der Waals surface area contributed by atoms with Crippen LogP contribution in [0.2, 0.25) is 5.02 Å². The quantitative estimate of drug-likeness (QED) is 0.865. The van der Waals surface area contributed by atoms with E-state index in [1.54, 1.807) is 12.1 Å². The molecule has 0 aromatic heterocycles. The summed E-state index contributed by atoms with van der Waals surface area (Å²) in [6.45, 7) is 1.37. The molecule has 19 heavy (non-hydrogen) atoms. The first-order valence-corrected chi connectivity index (χ1v) is 5.95. The van der Waals surface area contributed by atoms with Gasteiger partial charge in [-0.1, -0.05) is 17.7 Å². The van der Waals surface area contributed by atoms with Crippen molar-refractivity contribution >= 4 is 23.5 Å². The Morgan fingerprint density at radius 1 is 1.53 bits per heavy atom. The third kappa shape index (κ3) is 3.97. The summed E-state index contributed by atoms with van der Waals surface area (Å²) in [5.74, 6) is -1.72. The summed E-state index contributed by atoms with van der Waals surface area (Å²) in [6, 6.07) is 8.07. The highest BCUT2D eigenvalue weighted by Gasteiger charge is 2.34. The Morgan fingerprint density at radius 2 is 2.21 bits per heavy atom. The summed E-state index contributed by atoms with van der Waals surface area (Å²) in [4.78, 5) is 23.2. The molecule has 100 valence electrons. The summed E-state index contributed by atoms with van der Waals surface area (Å²) >= 11 is 5.77. The van der Waals surface area contributed by atoms with Crippen molar-refractivity contribution in [3.05, 3.63) is 34.9 Å². The van der Waals surface area contributed by atoms with Crippen molar-refractivity contribution in [2.45, 2.75) is 25.3 Å². The number of aliphatic carboxylic acids is 1. The van der Waals surface area contributed by atoms with Crippen molar-refractivity contribution in [2.24, 2.45) is 0 Å². The molecule has 1 unspecified atom stereocenters. The van der Waals surface area contributed by atoms with Gasteiger partial charge in [0.05, 0.1) is 6.07 Å². The van der Waals surface area contributed by atoms with Crippen molar-refractivity contribution in [2.75, 3.05) is 0 Å². The number of carbonyl (C=O) groups excluding carboxylic acids is 1. The predicted molar refractivity (Wildman–Crippen MR) is 69.8 cm³/mol. The number of carboxylic acids is 1. The lowest BCUT2D eigenvalue weighted by Crippen LogP contribution is -2.52. The first-order valence-electron chi connectivity index (χ1n) is 5.57. The second-order valence-corrected chi connectivity index (χ2v) is 4.70. The van der Waals surface area contributed by atoms with Crippen LogP contribution in [-0.4, -0.2) is 22.5 Å². The molecule has 0 aliphatic rings. The number of hydrogen-bond acceptors (Lipinski definition) is 3. The molecule has 0 fully saturated rings. The molecule has 0 aliphatic heterocycles. The van der Waals surface area contributed by atoms with Crippen LogP contribution in [0.25, 0.3) is 0 Å². The zero-order valence-electron chi connectivity index (χ0n) is 10.3. The van der Waals surface area contributed by atoms with Crippen molar-refractivity contribution in [1.82, 2.24) is 5.32 Å². The minimum Gasteiger partial charge on any atom is -0.480 e. The van der Waals surface area contributed by atoms with Crippen molar-refractivity contribution in [1.29, 1.82) is 5.26 Å². The van der Waals surface area contributed by atoms with Gasteiger partial charge < -0.3 is 10.4 Å². The molecule has 1 atom stereocenters. The van der Waals surface area contributed by atoms with Crippen LogP contribution < -0.4 is 5.32 Å². The van der Waals surface area contributed by atoms with Gasteiger partial charge in [-0.05, 0) is 31.5 Å². The summed E-state index contributed by atoms with van der Waals surface area (Å²) in [5, 5.41) is 20.5. The Hall–Kier alpha value is -2.06. The normalized spacial score (nSPS) is 13.1. The van der Waals surface area contributed by atoms with Gasteiger partial charge in [-0.15, -0.1) is 0 Å². The van der Waals surface area contributed by atoms with Crippen molar-refractivity contribution in [3.8, 4) is 6.07 Å². The lowest BCUT2D eigenvalue weighted by molar-refractivity contribution is -0.144. The smallest absolute Gasteiger partial charge is 0.329 e. The molecular weight excluding hydrogens is 268 g/mol. The van der Waals surface area contributed by atoms with E-state index in [2.05, 4.69) is 5.32 Å². The van der Waals surface area contributed by atoms with E-state index in [0.717, 1.165) is 0 Å². The van der Waals surface area contributed by atoms with Gasteiger partial charge in [0.25, 0.3) is 5.91 Å². The molecule has 0 spiro atoms. The van der Waals surface area contributed by atoms with Gasteiger partial charge in [0.1, 0.15) is 5.54 Å². The van der Waals surface area contributed by atoms with Crippen LogP contribution in [0.5, 0.6) is 0 Å². The standard InChI is InChI=1S/C13H13ClN2O3/c1-13(12(18)19,6-3-7-15)16-11(17)9-4-2-5-10(14)8-9/h2,4-5,8H,3,6H2,1H3,(H,16,17)(H,18,19). The van der Waals surface area contributed by atoms with E-state index in [4.69, 9.17) is 22.0 Å². The van der Waals surface area contributed by atoms with E-state index >= 15 is 0 Å². The van der Waals surface area contributed by atoms with Gasteiger partial charge in [0.15, 0.2) is 0 Å². The first kappa shape index (κ1) is 15.0. The number of carboxylic acid groups (broad SMARTS) is 1. The number of nitrogens with zero attached hydrogens (tertiary/aromatic N) is 1. The van der Waals surface area contributed by atoms with E-state index in [1.807, 2.05) is 6.07 Å². The van der Waals surface area contributed by atoms with E-state index in [9.17, 15) is 9.59 Å². The Morgan fingerprint density at radius 3 is 2.74 bits per heavy atom.